The van der Waals surface area contributed by atoms with Crippen molar-refractivity contribution in [2.75, 3.05) is 0 Å². The molecule has 286 valence electrons. The van der Waals surface area contributed by atoms with E-state index in [2.05, 4.69) is 218 Å². The van der Waals surface area contributed by atoms with Gasteiger partial charge in [-0.1, -0.05) is 182 Å². The lowest BCUT2D eigenvalue weighted by Gasteiger charge is -2.13. The Hall–Kier alpha value is -7.79. The molecule has 0 bridgehead atoms. The van der Waals surface area contributed by atoms with Gasteiger partial charge in [-0.2, -0.15) is 0 Å². The highest BCUT2D eigenvalue weighted by atomic mass is 32.1. The molecule has 0 unspecified atom stereocenters. The van der Waals surface area contributed by atoms with Crippen molar-refractivity contribution in [3.8, 4) is 89.8 Å². The summed E-state index contributed by atoms with van der Waals surface area (Å²) in [5.41, 5.74) is 14.3. The molecule has 0 atom stereocenters. The second-order valence-electron chi connectivity index (χ2n) is 15.2. The summed E-state index contributed by atoms with van der Waals surface area (Å²) < 4.78 is 2.39. The predicted octanol–water partition coefficient (Wildman–Crippen LogP) is 15.6. The van der Waals surface area contributed by atoms with Gasteiger partial charge < -0.3 is 0 Å². The molecule has 0 N–H and O–H groups in total. The number of nitrogens with zero attached hydrogens (tertiary/aromatic N) is 3. The van der Waals surface area contributed by atoms with Crippen molar-refractivity contribution >= 4 is 31.5 Å². The van der Waals surface area contributed by atoms with E-state index in [1.54, 1.807) is 11.3 Å². The zero-order valence-electron chi connectivity index (χ0n) is 33.1. The Morgan fingerprint density at radius 1 is 0.246 bits per heavy atom. The van der Waals surface area contributed by atoms with Crippen molar-refractivity contribution in [3.05, 3.63) is 224 Å². The first-order chi connectivity index (χ1) is 30.2. The van der Waals surface area contributed by atoms with E-state index in [0.29, 0.717) is 17.5 Å². The van der Waals surface area contributed by atoms with Gasteiger partial charge in [0.05, 0.1) is 0 Å². The van der Waals surface area contributed by atoms with E-state index >= 15 is 0 Å². The van der Waals surface area contributed by atoms with E-state index in [4.69, 9.17) is 15.0 Å². The minimum absolute atomic E-state index is 0.621. The lowest BCUT2D eigenvalue weighted by Crippen LogP contribution is -2.01. The SMILES string of the molecule is c1ccc(-c2ccc(-c3nc(-c4cccc(-c5cc(-c6ccccc6)cc(-c6ccccc6)c5)c4)nc(-c4cc(-c5ccccc5)cc5c4sc4ccccc45)n3)cc2)cc1. The van der Waals surface area contributed by atoms with Gasteiger partial charge in [0.2, 0.25) is 0 Å². The normalized spacial score (nSPS) is 11.3. The number of fused-ring (bicyclic) bond motifs is 3. The van der Waals surface area contributed by atoms with Crippen LogP contribution in [0.5, 0.6) is 0 Å². The van der Waals surface area contributed by atoms with Crippen molar-refractivity contribution in [1.82, 2.24) is 15.0 Å². The zero-order valence-corrected chi connectivity index (χ0v) is 33.9. The van der Waals surface area contributed by atoms with Crippen LogP contribution in [0.25, 0.3) is 110 Å². The number of hydrogen-bond acceptors (Lipinski definition) is 4. The van der Waals surface area contributed by atoms with Crippen molar-refractivity contribution in [2.24, 2.45) is 0 Å². The Bertz CT molecular complexity index is 3270. The summed E-state index contributed by atoms with van der Waals surface area (Å²) in [4.78, 5) is 15.9. The molecular weight excluding hydrogens is 759 g/mol. The smallest absolute Gasteiger partial charge is 0.165 e. The molecule has 0 saturated heterocycles. The zero-order chi connectivity index (χ0) is 40.5. The maximum Gasteiger partial charge on any atom is 0.165 e. The van der Waals surface area contributed by atoms with Gasteiger partial charge in [-0.3, -0.25) is 0 Å². The molecule has 0 amide bonds. The van der Waals surface area contributed by atoms with Crippen molar-refractivity contribution in [2.45, 2.75) is 0 Å². The number of hydrogen-bond donors (Lipinski definition) is 0. The molecule has 2 aromatic heterocycles. The molecule has 0 radical (unpaired) electrons. The third kappa shape index (κ3) is 7.20. The van der Waals surface area contributed by atoms with Gasteiger partial charge in [-0.25, -0.2) is 15.0 Å². The third-order valence-electron chi connectivity index (χ3n) is 11.3. The van der Waals surface area contributed by atoms with Crippen molar-refractivity contribution in [1.29, 1.82) is 0 Å². The second-order valence-corrected chi connectivity index (χ2v) is 16.3. The minimum atomic E-state index is 0.621. The first-order valence-electron chi connectivity index (χ1n) is 20.5. The van der Waals surface area contributed by atoms with Gasteiger partial charge >= 0.3 is 0 Å². The van der Waals surface area contributed by atoms with E-state index < -0.39 is 0 Å². The Kier molecular flexibility index (Phi) is 9.38. The van der Waals surface area contributed by atoms with Gasteiger partial charge in [0, 0.05) is 36.9 Å². The van der Waals surface area contributed by atoms with Crippen molar-refractivity contribution < 1.29 is 0 Å². The van der Waals surface area contributed by atoms with E-state index in [1.807, 2.05) is 6.07 Å². The quantitative estimate of drug-likeness (QED) is 0.154. The lowest BCUT2D eigenvalue weighted by atomic mass is 9.93. The molecular formula is C57H37N3S. The third-order valence-corrected chi connectivity index (χ3v) is 12.5. The standard InChI is InChI=1S/C57H37N3S/c1-5-16-38(17-6-1)42-28-30-43(31-29-42)55-58-56(60-57(59-55)52-37-49(41-22-11-4-12-23-41)36-51-50-26-13-14-27-53(50)61-54(51)52)45-25-15-24-44(32-45)48-34-46(39-18-7-2-8-19-39)33-47(35-48)40-20-9-3-10-21-40/h1-37H. The highest BCUT2D eigenvalue weighted by Gasteiger charge is 2.19. The molecule has 2 heterocycles. The summed E-state index contributed by atoms with van der Waals surface area (Å²) in [5, 5.41) is 2.43. The summed E-state index contributed by atoms with van der Waals surface area (Å²) in [6, 6.07) is 79.5. The predicted molar refractivity (Wildman–Crippen MR) is 256 cm³/mol. The molecule has 3 nitrogen and oxygen atoms in total. The minimum Gasteiger partial charge on any atom is -0.208 e. The van der Waals surface area contributed by atoms with Gasteiger partial charge in [0.1, 0.15) is 0 Å². The van der Waals surface area contributed by atoms with Crippen LogP contribution in [0.1, 0.15) is 0 Å². The molecule has 4 heteroatoms. The number of benzene rings is 9. The topological polar surface area (TPSA) is 38.7 Å². The molecule has 0 saturated carbocycles. The molecule has 0 fully saturated rings. The molecule has 61 heavy (non-hydrogen) atoms. The van der Waals surface area contributed by atoms with Gasteiger partial charge in [-0.15, -0.1) is 11.3 Å². The van der Waals surface area contributed by atoms with Gasteiger partial charge in [0.25, 0.3) is 0 Å². The fourth-order valence-corrected chi connectivity index (χ4v) is 9.41. The average molecular weight is 796 g/mol. The van der Waals surface area contributed by atoms with Crippen LogP contribution in [-0.2, 0) is 0 Å². The van der Waals surface area contributed by atoms with Crippen LogP contribution in [0.2, 0.25) is 0 Å². The Morgan fingerprint density at radius 3 is 1.23 bits per heavy atom. The van der Waals surface area contributed by atoms with E-state index in [0.717, 1.165) is 60.3 Å². The Labute approximate surface area is 359 Å². The monoisotopic (exact) mass is 795 g/mol. The van der Waals surface area contributed by atoms with E-state index in [-0.39, 0.29) is 0 Å². The Balaban J connectivity index is 1.10. The molecule has 0 aliphatic carbocycles. The second kappa shape index (κ2) is 15.8. The summed E-state index contributed by atoms with van der Waals surface area (Å²) in [6.07, 6.45) is 0. The van der Waals surface area contributed by atoms with E-state index in [1.165, 1.54) is 32.2 Å². The summed E-state index contributed by atoms with van der Waals surface area (Å²) >= 11 is 1.79. The summed E-state index contributed by atoms with van der Waals surface area (Å²) in [5.74, 6) is 1.89. The van der Waals surface area contributed by atoms with Crippen LogP contribution in [0.3, 0.4) is 0 Å². The molecule has 0 aliphatic rings. The molecule has 0 aliphatic heterocycles. The number of aromatic nitrogens is 3. The first-order valence-corrected chi connectivity index (χ1v) is 21.3. The highest BCUT2D eigenvalue weighted by molar-refractivity contribution is 7.26. The maximum absolute atomic E-state index is 5.37. The summed E-state index contributed by atoms with van der Waals surface area (Å²) in [6.45, 7) is 0. The maximum atomic E-state index is 5.37. The van der Waals surface area contributed by atoms with E-state index in [9.17, 15) is 0 Å². The Morgan fingerprint density at radius 2 is 0.639 bits per heavy atom. The van der Waals surface area contributed by atoms with Crippen molar-refractivity contribution in [3.63, 3.8) is 0 Å². The number of thiophene rings is 1. The molecule has 11 aromatic rings. The lowest BCUT2D eigenvalue weighted by molar-refractivity contribution is 1.08. The number of rotatable bonds is 8. The summed E-state index contributed by atoms with van der Waals surface area (Å²) in [7, 11) is 0. The van der Waals surface area contributed by atoms with Crippen LogP contribution >= 0.6 is 11.3 Å². The van der Waals surface area contributed by atoms with Gasteiger partial charge in [0.15, 0.2) is 17.5 Å². The van der Waals surface area contributed by atoms with Crippen LogP contribution in [-0.4, -0.2) is 15.0 Å². The van der Waals surface area contributed by atoms with Crippen LogP contribution in [0, 0.1) is 0 Å². The fraction of sp³-hybridized carbons (Fsp3) is 0. The first kappa shape index (κ1) is 36.3. The average Bonchev–Trinajstić information content (AvgIpc) is 3.73. The molecule has 0 spiro atoms. The van der Waals surface area contributed by atoms with Crippen LogP contribution in [0.4, 0.5) is 0 Å². The van der Waals surface area contributed by atoms with Gasteiger partial charge in [-0.05, 0) is 98.1 Å². The molecule has 11 rings (SSSR count). The largest absolute Gasteiger partial charge is 0.208 e. The fourth-order valence-electron chi connectivity index (χ4n) is 8.21. The highest BCUT2D eigenvalue weighted by Crippen LogP contribution is 2.43. The molecule has 9 aromatic carbocycles. The van der Waals surface area contributed by atoms with Crippen LogP contribution in [0.15, 0.2) is 224 Å². The van der Waals surface area contributed by atoms with Crippen LogP contribution < -0.4 is 0 Å².